The molecule has 2 aliphatic rings. The third kappa shape index (κ3) is 7.93. The van der Waals surface area contributed by atoms with Crippen molar-refractivity contribution in [3.8, 4) is 0 Å². The highest BCUT2D eigenvalue weighted by Crippen LogP contribution is 2.20. The topological polar surface area (TPSA) is 66.4 Å². The van der Waals surface area contributed by atoms with Gasteiger partial charge in [0.2, 0.25) is 0 Å². The molecule has 0 aromatic heterocycles. The number of piperidine rings is 2. The van der Waals surface area contributed by atoms with E-state index in [-0.39, 0.29) is 36.1 Å². The molecule has 0 radical (unpaired) electrons. The summed E-state index contributed by atoms with van der Waals surface area (Å²) in [7, 11) is 1.82. The van der Waals surface area contributed by atoms with Crippen molar-refractivity contribution in [1.82, 2.24) is 15.1 Å². The maximum Gasteiger partial charge on any atom is 0.410 e. The van der Waals surface area contributed by atoms with E-state index >= 15 is 0 Å². The molecule has 28 heavy (non-hydrogen) atoms. The predicted octanol–water partition coefficient (Wildman–Crippen LogP) is 3.47. The minimum atomic E-state index is -0.465. The number of likely N-dealkylation sites (tertiary alicyclic amines) is 2. The zero-order chi connectivity index (χ0) is 19.9. The normalized spacial score (nSPS) is 21.9. The number of carbonyl (C=O) groups excluding carboxylic acids is 1. The number of nitrogens with zero attached hydrogens (tertiary/aromatic N) is 3. The molecule has 2 rings (SSSR count). The van der Waals surface area contributed by atoms with Gasteiger partial charge in [0.1, 0.15) is 5.60 Å². The number of guanidine groups is 1. The van der Waals surface area contributed by atoms with Crippen molar-refractivity contribution in [2.75, 3.05) is 39.8 Å². The van der Waals surface area contributed by atoms with Gasteiger partial charge < -0.3 is 24.6 Å². The Kier molecular flexibility index (Phi) is 10.9. The lowest BCUT2D eigenvalue weighted by atomic mass is 10.0. The Morgan fingerprint density at radius 3 is 2.39 bits per heavy atom. The molecule has 0 bridgehead atoms. The fourth-order valence-electron chi connectivity index (χ4n) is 3.79. The van der Waals surface area contributed by atoms with Gasteiger partial charge >= 0.3 is 6.09 Å². The molecule has 0 aliphatic carbocycles. The van der Waals surface area contributed by atoms with Crippen LogP contribution in [0.25, 0.3) is 0 Å². The molecule has 2 aliphatic heterocycles. The summed E-state index contributed by atoms with van der Waals surface area (Å²) < 4.78 is 11.3. The maximum atomic E-state index is 12.6. The second-order valence-corrected chi connectivity index (χ2v) is 8.39. The summed E-state index contributed by atoms with van der Waals surface area (Å²) in [5.74, 6) is 0.916. The van der Waals surface area contributed by atoms with Crippen LogP contribution in [0.15, 0.2) is 4.99 Å². The third-order valence-electron chi connectivity index (χ3n) is 5.11. The van der Waals surface area contributed by atoms with Gasteiger partial charge in [0, 0.05) is 39.8 Å². The van der Waals surface area contributed by atoms with Crippen molar-refractivity contribution in [2.45, 2.75) is 77.5 Å². The largest absolute Gasteiger partial charge is 0.444 e. The van der Waals surface area contributed by atoms with Gasteiger partial charge in [0.05, 0.1) is 12.1 Å². The molecule has 2 saturated heterocycles. The molecule has 0 aromatic rings. The Balaban J connectivity index is 0.00000392. The Morgan fingerprint density at radius 1 is 1.14 bits per heavy atom. The van der Waals surface area contributed by atoms with Gasteiger partial charge in [-0.3, -0.25) is 4.99 Å². The van der Waals surface area contributed by atoms with E-state index in [2.05, 4.69) is 15.2 Å². The first-order valence-corrected chi connectivity index (χ1v) is 10.4. The second-order valence-electron chi connectivity index (χ2n) is 8.39. The molecule has 164 valence electrons. The number of rotatable bonds is 4. The van der Waals surface area contributed by atoms with E-state index < -0.39 is 5.60 Å². The van der Waals surface area contributed by atoms with Crippen molar-refractivity contribution in [2.24, 2.45) is 4.99 Å². The number of carbonyl (C=O) groups is 1. The summed E-state index contributed by atoms with van der Waals surface area (Å²) in [4.78, 5) is 21.2. The highest BCUT2D eigenvalue weighted by atomic mass is 127. The van der Waals surface area contributed by atoms with E-state index in [1.54, 1.807) is 0 Å². The standard InChI is InChI=1S/C20H38N4O3.HI/c1-6-26-17-10-13-23(14-11-17)18(21-5)22-15-16-9-7-8-12-24(16)19(25)27-20(2,3)4;/h16-17H,6-15H2,1-5H3,(H,21,22);1H. The summed E-state index contributed by atoms with van der Waals surface area (Å²) in [5.41, 5.74) is -0.465. The first-order valence-electron chi connectivity index (χ1n) is 10.4. The Morgan fingerprint density at radius 2 is 1.82 bits per heavy atom. The number of hydrogen-bond donors (Lipinski definition) is 1. The molecule has 1 unspecified atom stereocenters. The highest BCUT2D eigenvalue weighted by molar-refractivity contribution is 14.0. The number of hydrogen-bond acceptors (Lipinski definition) is 4. The lowest BCUT2D eigenvalue weighted by Crippen LogP contribution is -2.53. The summed E-state index contributed by atoms with van der Waals surface area (Å²) in [6.07, 6.45) is 5.39. The number of amides is 1. The van der Waals surface area contributed by atoms with Crippen molar-refractivity contribution in [3.05, 3.63) is 0 Å². The summed E-state index contributed by atoms with van der Waals surface area (Å²) in [6.45, 7) is 11.9. The summed E-state index contributed by atoms with van der Waals surface area (Å²) in [6, 6.07) is 0.145. The van der Waals surface area contributed by atoms with Gasteiger partial charge in [-0.2, -0.15) is 0 Å². The van der Waals surface area contributed by atoms with Gasteiger partial charge in [-0.25, -0.2) is 4.79 Å². The van der Waals surface area contributed by atoms with Crippen LogP contribution in [0.5, 0.6) is 0 Å². The first-order chi connectivity index (χ1) is 12.8. The molecule has 8 heteroatoms. The highest BCUT2D eigenvalue weighted by Gasteiger charge is 2.31. The molecule has 1 amide bonds. The number of aliphatic imine (C=N–C) groups is 1. The SMILES string of the molecule is CCOC1CCN(C(=NC)NCC2CCCCN2C(=O)OC(C)(C)C)CC1.I. The van der Waals surface area contributed by atoms with Gasteiger partial charge in [-0.05, 0) is 59.8 Å². The van der Waals surface area contributed by atoms with Crippen LogP contribution in [0.1, 0.15) is 59.8 Å². The Hall–Kier alpha value is -0.770. The Labute approximate surface area is 187 Å². The second kappa shape index (κ2) is 12.0. The van der Waals surface area contributed by atoms with E-state index in [1.165, 1.54) is 0 Å². The van der Waals surface area contributed by atoms with Crippen LogP contribution in [0.2, 0.25) is 0 Å². The average molecular weight is 510 g/mol. The quantitative estimate of drug-likeness (QED) is 0.357. The van der Waals surface area contributed by atoms with Gasteiger partial charge in [-0.1, -0.05) is 0 Å². The minimum Gasteiger partial charge on any atom is -0.444 e. The zero-order valence-electron chi connectivity index (χ0n) is 18.2. The van der Waals surface area contributed by atoms with Gasteiger partial charge in [0.15, 0.2) is 5.96 Å². The molecule has 1 atom stereocenters. The molecule has 2 heterocycles. The van der Waals surface area contributed by atoms with Crippen LogP contribution in [0.4, 0.5) is 4.79 Å². The van der Waals surface area contributed by atoms with E-state index in [9.17, 15) is 4.79 Å². The molecule has 0 aromatic carbocycles. The average Bonchev–Trinajstić information content (AvgIpc) is 2.62. The van der Waals surface area contributed by atoms with Crippen molar-refractivity contribution < 1.29 is 14.3 Å². The lowest BCUT2D eigenvalue weighted by molar-refractivity contribution is 0.0100. The molecule has 2 fully saturated rings. The molecular formula is C20H39IN4O3. The van der Waals surface area contributed by atoms with Gasteiger partial charge in [-0.15, -0.1) is 24.0 Å². The van der Waals surface area contributed by atoms with Crippen molar-refractivity contribution in [1.29, 1.82) is 0 Å². The van der Waals surface area contributed by atoms with Crippen LogP contribution in [0.3, 0.4) is 0 Å². The van der Waals surface area contributed by atoms with Crippen molar-refractivity contribution >= 4 is 36.0 Å². The number of halogens is 1. The van der Waals surface area contributed by atoms with Crippen LogP contribution >= 0.6 is 24.0 Å². The fourth-order valence-corrected chi connectivity index (χ4v) is 3.79. The zero-order valence-corrected chi connectivity index (χ0v) is 20.5. The minimum absolute atomic E-state index is 0. The third-order valence-corrected chi connectivity index (χ3v) is 5.11. The molecule has 7 nitrogen and oxygen atoms in total. The predicted molar refractivity (Wildman–Crippen MR) is 124 cm³/mol. The van der Waals surface area contributed by atoms with E-state index in [0.29, 0.717) is 12.6 Å². The first kappa shape index (κ1) is 25.3. The molecular weight excluding hydrogens is 471 g/mol. The number of nitrogens with one attached hydrogen (secondary N) is 1. The van der Waals surface area contributed by atoms with Crippen LogP contribution < -0.4 is 5.32 Å². The van der Waals surface area contributed by atoms with E-state index in [4.69, 9.17) is 9.47 Å². The molecule has 0 spiro atoms. The number of ether oxygens (including phenoxy) is 2. The smallest absolute Gasteiger partial charge is 0.410 e. The van der Waals surface area contributed by atoms with Crippen molar-refractivity contribution in [3.63, 3.8) is 0 Å². The summed E-state index contributed by atoms with van der Waals surface area (Å²) in [5, 5.41) is 3.49. The monoisotopic (exact) mass is 510 g/mol. The van der Waals surface area contributed by atoms with Crippen LogP contribution in [-0.2, 0) is 9.47 Å². The maximum absolute atomic E-state index is 12.6. The molecule has 0 saturated carbocycles. The molecule has 1 N–H and O–H groups in total. The Bertz CT molecular complexity index is 502. The van der Waals surface area contributed by atoms with E-state index in [0.717, 1.165) is 64.3 Å². The summed E-state index contributed by atoms with van der Waals surface area (Å²) >= 11 is 0. The van der Waals surface area contributed by atoms with Gasteiger partial charge in [0.25, 0.3) is 0 Å². The fraction of sp³-hybridized carbons (Fsp3) is 0.900. The van der Waals surface area contributed by atoms with Crippen LogP contribution in [0, 0.1) is 0 Å². The van der Waals surface area contributed by atoms with Crippen LogP contribution in [-0.4, -0.2) is 79.4 Å². The lowest BCUT2D eigenvalue weighted by Gasteiger charge is -2.38. The van der Waals surface area contributed by atoms with E-state index in [1.807, 2.05) is 39.6 Å².